The quantitative estimate of drug-likeness (QED) is 0.308. The predicted molar refractivity (Wildman–Crippen MR) is 151 cm³/mol. The van der Waals surface area contributed by atoms with Crippen molar-refractivity contribution in [2.45, 2.75) is 37.2 Å². The Kier molecular flexibility index (Phi) is 7.74. The zero-order chi connectivity index (χ0) is 27.6. The van der Waals surface area contributed by atoms with Gasteiger partial charge in [-0.15, -0.1) is 0 Å². The van der Waals surface area contributed by atoms with Crippen molar-refractivity contribution in [3.63, 3.8) is 0 Å². The average Bonchev–Trinajstić information content (AvgIpc) is 2.95. The number of rotatable bonds is 7. The lowest BCUT2D eigenvalue weighted by molar-refractivity contribution is -0.122. The van der Waals surface area contributed by atoms with Crippen molar-refractivity contribution in [2.24, 2.45) is 0 Å². The van der Waals surface area contributed by atoms with Gasteiger partial charge in [0.15, 0.2) is 11.9 Å². The van der Waals surface area contributed by atoms with Gasteiger partial charge in [-0.1, -0.05) is 42.3 Å². The molecule has 0 radical (unpaired) electrons. The first-order valence-corrected chi connectivity index (χ1v) is 14.5. The molecule has 10 heteroatoms. The Balaban J connectivity index is 1.38. The number of sulfonamides is 1. The maximum atomic E-state index is 13.4. The van der Waals surface area contributed by atoms with E-state index in [2.05, 4.69) is 5.32 Å². The van der Waals surface area contributed by atoms with Crippen LogP contribution in [0.15, 0.2) is 86.9 Å². The Morgan fingerprint density at radius 3 is 2.36 bits per heavy atom. The molecule has 0 spiro atoms. The fourth-order valence-electron chi connectivity index (χ4n) is 4.49. The van der Waals surface area contributed by atoms with E-state index in [1.807, 2.05) is 0 Å². The number of halogens is 1. The van der Waals surface area contributed by atoms with Crippen molar-refractivity contribution >= 4 is 44.2 Å². The van der Waals surface area contributed by atoms with Crippen LogP contribution in [0.3, 0.4) is 0 Å². The summed E-state index contributed by atoms with van der Waals surface area (Å²) in [5.41, 5.74) is 0.778. The van der Waals surface area contributed by atoms with E-state index in [0.717, 1.165) is 19.3 Å². The molecule has 202 valence electrons. The number of carbonyl (C=O) groups is 1. The van der Waals surface area contributed by atoms with Crippen LogP contribution in [0.1, 0.15) is 26.2 Å². The highest BCUT2D eigenvalue weighted by Gasteiger charge is 2.27. The summed E-state index contributed by atoms with van der Waals surface area (Å²) in [5.74, 6) is -0.539. The summed E-state index contributed by atoms with van der Waals surface area (Å²) in [7, 11) is -3.58. The van der Waals surface area contributed by atoms with Crippen molar-refractivity contribution in [1.29, 1.82) is 0 Å². The van der Waals surface area contributed by atoms with Crippen LogP contribution in [0, 0.1) is 0 Å². The molecule has 0 saturated carbocycles. The number of fused-ring (bicyclic) bond motifs is 1. The second kappa shape index (κ2) is 11.2. The van der Waals surface area contributed by atoms with Crippen molar-refractivity contribution in [2.75, 3.05) is 18.4 Å². The second-order valence-electron chi connectivity index (χ2n) is 9.30. The SMILES string of the molecule is CC(Oc1c(-c2ccccc2Cl)oc2ccccc2c1=O)C(=O)Nc1ccc(S(=O)(=O)N2CCCCC2)cc1. The lowest BCUT2D eigenvalue weighted by Crippen LogP contribution is -2.35. The molecule has 0 aliphatic carbocycles. The molecule has 39 heavy (non-hydrogen) atoms. The highest BCUT2D eigenvalue weighted by Crippen LogP contribution is 2.35. The van der Waals surface area contributed by atoms with Gasteiger partial charge in [-0.25, -0.2) is 8.42 Å². The fraction of sp³-hybridized carbons (Fsp3) is 0.241. The third-order valence-electron chi connectivity index (χ3n) is 6.61. The highest BCUT2D eigenvalue weighted by molar-refractivity contribution is 7.89. The minimum absolute atomic E-state index is 0.122. The number of benzene rings is 3. The average molecular weight is 567 g/mol. The molecule has 0 bridgehead atoms. The van der Waals surface area contributed by atoms with Crippen LogP contribution >= 0.6 is 11.6 Å². The number of ether oxygens (including phenoxy) is 1. The van der Waals surface area contributed by atoms with Gasteiger partial charge in [0.2, 0.25) is 21.2 Å². The van der Waals surface area contributed by atoms with Crippen molar-refractivity contribution in [3.8, 4) is 17.1 Å². The smallest absolute Gasteiger partial charge is 0.265 e. The highest BCUT2D eigenvalue weighted by atomic mass is 35.5. The molecule has 3 aromatic carbocycles. The van der Waals surface area contributed by atoms with Crippen LogP contribution in [0.5, 0.6) is 5.75 Å². The molecular formula is C29H27ClN2O6S. The van der Waals surface area contributed by atoms with Gasteiger partial charge in [0.25, 0.3) is 5.91 Å². The van der Waals surface area contributed by atoms with E-state index >= 15 is 0 Å². The van der Waals surface area contributed by atoms with Crippen LogP contribution < -0.4 is 15.5 Å². The molecule has 1 atom stereocenters. The summed E-state index contributed by atoms with van der Waals surface area (Å²) in [4.78, 5) is 26.6. The molecule has 1 saturated heterocycles. The van der Waals surface area contributed by atoms with E-state index in [0.29, 0.717) is 40.3 Å². The third-order valence-corrected chi connectivity index (χ3v) is 8.86. The normalized spacial score (nSPS) is 15.1. The fourth-order valence-corrected chi connectivity index (χ4v) is 6.23. The number of carbonyl (C=O) groups excluding carboxylic acids is 1. The van der Waals surface area contributed by atoms with Gasteiger partial charge >= 0.3 is 0 Å². The molecule has 1 aromatic heterocycles. The van der Waals surface area contributed by atoms with Gasteiger partial charge in [-0.3, -0.25) is 9.59 Å². The topological polar surface area (TPSA) is 106 Å². The van der Waals surface area contributed by atoms with E-state index in [4.69, 9.17) is 20.8 Å². The number of hydrogen-bond donors (Lipinski definition) is 1. The van der Waals surface area contributed by atoms with Gasteiger partial charge in [0.1, 0.15) is 5.58 Å². The molecule has 1 aliphatic rings. The van der Waals surface area contributed by atoms with Gasteiger partial charge in [-0.2, -0.15) is 4.31 Å². The molecule has 1 fully saturated rings. The summed E-state index contributed by atoms with van der Waals surface area (Å²) in [6, 6.07) is 19.6. The molecule has 1 N–H and O–H groups in total. The lowest BCUT2D eigenvalue weighted by atomic mass is 10.1. The number of para-hydroxylation sites is 1. The van der Waals surface area contributed by atoms with E-state index in [9.17, 15) is 18.0 Å². The van der Waals surface area contributed by atoms with Gasteiger partial charge in [0.05, 0.1) is 15.3 Å². The molecule has 5 rings (SSSR count). The number of hydrogen-bond acceptors (Lipinski definition) is 6. The Morgan fingerprint density at radius 1 is 0.974 bits per heavy atom. The minimum Gasteiger partial charge on any atom is -0.473 e. The Bertz CT molecular complexity index is 1680. The summed E-state index contributed by atoms with van der Waals surface area (Å²) < 4.78 is 39.2. The van der Waals surface area contributed by atoms with Crippen molar-refractivity contribution in [3.05, 3.63) is 88.0 Å². The van der Waals surface area contributed by atoms with Crippen molar-refractivity contribution in [1.82, 2.24) is 4.31 Å². The van der Waals surface area contributed by atoms with Gasteiger partial charge < -0.3 is 14.5 Å². The number of piperidine rings is 1. The van der Waals surface area contributed by atoms with Crippen LogP contribution in [0.2, 0.25) is 5.02 Å². The van der Waals surface area contributed by atoms with E-state index in [1.54, 1.807) is 48.5 Å². The number of amides is 1. The zero-order valence-electron chi connectivity index (χ0n) is 21.2. The molecule has 4 aromatic rings. The van der Waals surface area contributed by atoms with E-state index < -0.39 is 27.5 Å². The molecule has 1 amide bonds. The lowest BCUT2D eigenvalue weighted by Gasteiger charge is -2.25. The Labute approximate surface area is 231 Å². The molecule has 2 heterocycles. The van der Waals surface area contributed by atoms with Gasteiger partial charge in [0, 0.05) is 24.3 Å². The Morgan fingerprint density at radius 2 is 1.64 bits per heavy atom. The first-order chi connectivity index (χ1) is 18.8. The largest absolute Gasteiger partial charge is 0.473 e. The summed E-state index contributed by atoms with van der Waals surface area (Å²) >= 11 is 6.39. The van der Waals surface area contributed by atoms with Gasteiger partial charge in [-0.05, 0) is 68.3 Å². The van der Waals surface area contributed by atoms with Crippen LogP contribution in [0.4, 0.5) is 5.69 Å². The maximum absolute atomic E-state index is 13.4. The van der Waals surface area contributed by atoms with Crippen LogP contribution in [-0.4, -0.2) is 37.8 Å². The standard InChI is InChI=1S/C29H27ClN2O6S/c1-19(29(34)31-20-13-15-21(16-14-20)39(35,36)32-17-7-2-8-18-32)37-28-26(33)23-10-4-6-12-25(23)38-27(28)22-9-3-5-11-24(22)30/h3-6,9-16,19H,2,7-8,17-18H2,1H3,(H,31,34). The molecule has 1 aliphatic heterocycles. The van der Waals surface area contributed by atoms with Crippen molar-refractivity contribution < 1.29 is 22.4 Å². The molecule has 8 nitrogen and oxygen atoms in total. The predicted octanol–water partition coefficient (Wildman–Crippen LogP) is 5.69. The number of nitrogens with zero attached hydrogens (tertiary/aromatic N) is 1. The van der Waals surface area contributed by atoms with E-state index in [1.165, 1.54) is 35.5 Å². The number of anilines is 1. The zero-order valence-corrected chi connectivity index (χ0v) is 22.8. The van der Waals surface area contributed by atoms with Crippen LogP contribution in [-0.2, 0) is 14.8 Å². The first kappa shape index (κ1) is 26.9. The molecular weight excluding hydrogens is 540 g/mol. The minimum atomic E-state index is -3.58. The van der Waals surface area contributed by atoms with Crippen LogP contribution in [0.25, 0.3) is 22.3 Å². The summed E-state index contributed by atoms with van der Waals surface area (Å²) in [5, 5.41) is 3.38. The maximum Gasteiger partial charge on any atom is 0.265 e. The summed E-state index contributed by atoms with van der Waals surface area (Å²) in [6.07, 6.45) is 1.63. The first-order valence-electron chi connectivity index (χ1n) is 12.6. The molecule has 1 unspecified atom stereocenters. The second-order valence-corrected chi connectivity index (χ2v) is 11.6. The Hall–Kier alpha value is -3.66. The monoisotopic (exact) mass is 566 g/mol. The number of nitrogens with one attached hydrogen (secondary N) is 1. The third kappa shape index (κ3) is 5.56. The van der Waals surface area contributed by atoms with E-state index in [-0.39, 0.29) is 16.4 Å². The summed E-state index contributed by atoms with van der Waals surface area (Å²) in [6.45, 7) is 2.53.